The van der Waals surface area contributed by atoms with Gasteiger partial charge in [0.15, 0.2) is 0 Å². The standard InChI is InChI=1S/C23H28N6O8/c1-4-11-25-20(34)27(12-16(30)5-2)22(36)28(21(25)35)14-17(31)13-26-18(32)24(3)19(33)29(23(26)37)15-9-7-6-8-10-15/h4,6-10,16-17,30-31H,1,5,11-14H2,2-3H3. The molecule has 2 unspecified atom stereocenters. The Kier molecular flexibility index (Phi) is 8.24. The predicted octanol–water partition coefficient (Wildman–Crippen LogP) is -2.80. The second-order valence-electron chi connectivity index (χ2n) is 8.37. The van der Waals surface area contributed by atoms with Gasteiger partial charge in [-0.1, -0.05) is 31.2 Å². The Balaban J connectivity index is 2.09. The van der Waals surface area contributed by atoms with E-state index >= 15 is 0 Å². The number of hydrogen-bond donors (Lipinski definition) is 2. The average Bonchev–Trinajstić information content (AvgIpc) is 2.89. The fourth-order valence-corrected chi connectivity index (χ4v) is 3.75. The molecule has 1 aromatic carbocycles. The first-order valence-corrected chi connectivity index (χ1v) is 11.4. The van der Waals surface area contributed by atoms with E-state index in [4.69, 9.17) is 0 Å². The Hall–Kier alpha value is -4.30. The molecule has 14 heteroatoms. The molecule has 0 aliphatic rings. The Morgan fingerprint density at radius 3 is 1.73 bits per heavy atom. The zero-order chi connectivity index (χ0) is 27.4. The third kappa shape index (κ3) is 5.29. The highest BCUT2D eigenvalue weighted by molar-refractivity contribution is 5.30. The van der Waals surface area contributed by atoms with Crippen LogP contribution in [0.2, 0.25) is 0 Å². The molecule has 0 saturated carbocycles. The van der Waals surface area contributed by atoms with Crippen molar-refractivity contribution >= 4 is 0 Å². The van der Waals surface area contributed by atoms with E-state index < -0.39 is 59.4 Å². The SMILES string of the molecule is C=CCn1c(=O)n(CC(O)CC)c(=O)n(CC(O)Cn2c(=O)n(C)c(=O)n(-c3ccccc3)c2=O)c1=O. The van der Waals surface area contributed by atoms with E-state index in [0.29, 0.717) is 22.8 Å². The highest BCUT2D eigenvalue weighted by Crippen LogP contribution is 2.00. The lowest BCUT2D eigenvalue weighted by Gasteiger charge is -2.18. The van der Waals surface area contributed by atoms with Gasteiger partial charge in [-0.25, -0.2) is 56.2 Å². The summed E-state index contributed by atoms with van der Waals surface area (Å²) in [5.41, 5.74) is -5.78. The summed E-state index contributed by atoms with van der Waals surface area (Å²) in [6.45, 7) is 3.16. The molecule has 0 aliphatic heterocycles. The van der Waals surface area contributed by atoms with Gasteiger partial charge in [-0.3, -0.25) is 0 Å². The van der Waals surface area contributed by atoms with Crippen LogP contribution >= 0.6 is 0 Å². The van der Waals surface area contributed by atoms with Crippen molar-refractivity contribution < 1.29 is 10.2 Å². The molecule has 2 heterocycles. The first kappa shape index (κ1) is 27.3. The van der Waals surface area contributed by atoms with Gasteiger partial charge >= 0.3 is 34.1 Å². The quantitative estimate of drug-likeness (QED) is 0.272. The molecule has 198 valence electrons. The van der Waals surface area contributed by atoms with E-state index in [1.807, 2.05) is 0 Å². The number of para-hydroxylation sites is 1. The monoisotopic (exact) mass is 516 g/mol. The number of aliphatic hydroxyl groups excluding tert-OH is 2. The zero-order valence-corrected chi connectivity index (χ0v) is 20.4. The molecule has 2 aromatic heterocycles. The summed E-state index contributed by atoms with van der Waals surface area (Å²) >= 11 is 0. The zero-order valence-electron chi connectivity index (χ0n) is 20.4. The first-order valence-electron chi connectivity index (χ1n) is 11.4. The molecule has 0 amide bonds. The summed E-state index contributed by atoms with van der Waals surface area (Å²) in [7, 11) is 1.17. The molecule has 3 rings (SSSR count). The molecule has 14 nitrogen and oxygen atoms in total. The molecule has 3 aromatic rings. The fourth-order valence-electron chi connectivity index (χ4n) is 3.75. The van der Waals surface area contributed by atoms with Crippen molar-refractivity contribution in [2.24, 2.45) is 7.05 Å². The van der Waals surface area contributed by atoms with E-state index in [1.165, 1.54) is 25.3 Å². The van der Waals surface area contributed by atoms with Crippen molar-refractivity contribution in [1.29, 1.82) is 0 Å². The topological polar surface area (TPSA) is 172 Å². The third-order valence-corrected chi connectivity index (χ3v) is 5.78. The van der Waals surface area contributed by atoms with Crippen LogP contribution in [0, 0.1) is 0 Å². The number of aliphatic hydroxyl groups is 2. The summed E-state index contributed by atoms with van der Waals surface area (Å²) in [6, 6.07) is 7.84. The number of nitrogens with zero attached hydrogens (tertiary/aromatic N) is 6. The minimum atomic E-state index is -1.63. The smallest absolute Gasteiger partial charge is 0.341 e. The maximum Gasteiger partial charge on any atom is 0.341 e. The summed E-state index contributed by atoms with van der Waals surface area (Å²) in [5.74, 6) is 0. The summed E-state index contributed by atoms with van der Waals surface area (Å²) in [6.07, 6.45) is -1.17. The van der Waals surface area contributed by atoms with E-state index in [9.17, 15) is 39.0 Å². The molecule has 2 N–H and O–H groups in total. The number of hydrogen-bond acceptors (Lipinski definition) is 8. The van der Waals surface area contributed by atoms with E-state index in [0.717, 1.165) is 4.57 Å². The Morgan fingerprint density at radius 2 is 1.22 bits per heavy atom. The van der Waals surface area contributed by atoms with Crippen molar-refractivity contribution in [3.8, 4) is 5.69 Å². The molecule has 0 bridgehead atoms. The van der Waals surface area contributed by atoms with Gasteiger partial charge in [0, 0.05) is 7.05 Å². The van der Waals surface area contributed by atoms with Crippen LogP contribution < -0.4 is 34.1 Å². The van der Waals surface area contributed by atoms with Crippen LogP contribution in [0.5, 0.6) is 0 Å². The van der Waals surface area contributed by atoms with Gasteiger partial charge in [-0.2, -0.15) is 0 Å². The van der Waals surface area contributed by atoms with E-state index in [2.05, 4.69) is 6.58 Å². The minimum Gasteiger partial charge on any atom is -0.391 e. The Morgan fingerprint density at radius 1 is 0.730 bits per heavy atom. The molecule has 0 aliphatic carbocycles. The molecular weight excluding hydrogens is 488 g/mol. The molecule has 0 saturated heterocycles. The summed E-state index contributed by atoms with van der Waals surface area (Å²) in [4.78, 5) is 76.9. The summed E-state index contributed by atoms with van der Waals surface area (Å²) < 4.78 is 4.03. The highest BCUT2D eigenvalue weighted by Gasteiger charge is 2.21. The molecular formula is C23H28N6O8. The lowest BCUT2D eigenvalue weighted by atomic mass is 10.3. The summed E-state index contributed by atoms with van der Waals surface area (Å²) in [5, 5.41) is 20.7. The minimum absolute atomic E-state index is 0.196. The first-order chi connectivity index (χ1) is 17.5. The second-order valence-corrected chi connectivity index (χ2v) is 8.37. The van der Waals surface area contributed by atoms with Gasteiger partial charge < -0.3 is 10.2 Å². The van der Waals surface area contributed by atoms with E-state index in [1.54, 1.807) is 25.1 Å². The maximum absolute atomic E-state index is 13.1. The van der Waals surface area contributed by atoms with Crippen LogP contribution in [0.4, 0.5) is 0 Å². The second kappa shape index (κ2) is 11.2. The van der Waals surface area contributed by atoms with Crippen LogP contribution in [-0.2, 0) is 33.2 Å². The molecule has 0 spiro atoms. The Labute approximate surface area is 208 Å². The van der Waals surface area contributed by atoms with Crippen LogP contribution in [0.1, 0.15) is 13.3 Å². The van der Waals surface area contributed by atoms with Gasteiger partial charge in [0.25, 0.3) is 0 Å². The van der Waals surface area contributed by atoms with Crippen LogP contribution in [0.3, 0.4) is 0 Å². The average molecular weight is 517 g/mol. The molecule has 0 fully saturated rings. The van der Waals surface area contributed by atoms with Crippen molar-refractivity contribution in [2.45, 2.75) is 51.7 Å². The van der Waals surface area contributed by atoms with E-state index in [-0.39, 0.29) is 25.2 Å². The van der Waals surface area contributed by atoms with Gasteiger partial charge in [0.2, 0.25) is 0 Å². The number of benzene rings is 1. The van der Waals surface area contributed by atoms with Gasteiger partial charge in [-0.15, -0.1) is 6.58 Å². The van der Waals surface area contributed by atoms with Gasteiger partial charge in [0.1, 0.15) is 0 Å². The van der Waals surface area contributed by atoms with Gasteiger partial charge in [0.05, 0.1) is 44.1 Å². The largest absolute Gasteiger partial charge is 0.391 e. The van der Waals surface area contributed by atoms with Crippen molar-refractivity contribution in [2.75, 3.05) is 0 Å². The van der Waals surface area contributed by atoms with Crippen LogP contribution in [-0.4, -0.2) is 49.8 Å². The van der Waals surface area contributed by atoms with Gasteiger partial charge in [-0.05, 0) is 18.6 Å². The fraction of sp³-hybridized carbons (Fsp3) is 0.391. The van der Waals surface area contributed by atoms with Crippen LogP contribution in [0.15, 0.2) is 71.8 Å². The lowest BCUT2D eigenvalue weighted by molar-refractivity contribution is 0.120. The molecule has 0 radical (unpaired) electrons. The normalized spacial score (nSPS) is 12.9. The van der Waals surface area contributed by atoms with Crippen molar-refractivity contribution in [3.63, 3.8) is 0 Å². The maximum atomic E-state index is 13.1. The molecule has 37 heavy (non-hydrogen) atoms. The lowest BCUT2D eigenvalue weighted by Crippen LogP contribution is -2.57. The predicted molar refractivity (Wildman–Crippen MR) is 133 cm³/mol. The Bertz CT molecular complexity index is 1650. The molecule has 2 atom stereocenters. The van der Waals surface area contributed by atoms with Crippen LogP contribution in [0.25, 0.3) is 5.69 Å². The van der Waals surface area contributed by atoms with Crippen molar-refractivity contribution in [1.82, 2.24) is 27.4 Å². The number of allylic oxidation sites excluding steroid dienone is 1. The highest BCUT2D eigenvalue weighted by atomic mass is 16.3. The number of aromatic nitrogens is 6. The number of rotatable bonds is 10. The van der Waals surface area contributed by atoms with Crippen molar-refractivity contribution in [3.05, 3.63) is 106 Å². The third-order valence-electron chi connectivity index (χ3n) is 5.78.